The monoisotopic (exact) mass is 242 g/mol. The summed E-state index contributed by atoms with van der Waals surface area (Å²) < 4.78 is 25.5. The molecule has 2 N–H and O–H groups in total. The second-order valence-electron chi connectivity index (χ2n) is 3.47. The van der Waals surface area contributed by atoms with Crippen LogP contribution in [0.5, 0.6) is 0 Å². The maximum Gasteiger partial charge on any atom is 0.304 e. The van der Waals surface area contributed by atoms with Crippen molar-refractivity contribution < 1.29 is 18.7 Å². The molecular weight excluding hydrogens is 234 g/mol. The van der Waals surface area contributed by atoms with Crippen LogP contribution in [0.25, 0.3) is 11.2 Å². The second kappa shape index (κ2) is 4.40. The zero-order chi connectivity index (χ0) is 12.4. The smallest absolute Gasteiger partial charge is 0.304 e. The molecule has 2 rings (SSSR count). The van der Waals surface area contributed by atoms with Gasteiger partial charge < -0.3 is 5.11 Å². The fraction of sp³-hybridized carbons (Fsp3) is 0.333. The topological polar surface area (TPSA) is 91.8 Å². The Hall–Kier alpha value is -2.12. The van der Waals surface area contributed by atoms with Crippen molar-refractivity contribution in [2.45, 2.75) is 18.8 Å². The summed E-state index contributed by atoms with van der Waals surface area (Å²) in [6.07, 6.45) is -2.22. The first-order valence-electron chi connectivity index (χ1n) is 4.74. The fourth-order valence-corrected chi connectivity index (χ4v) is 1.50. The SMILES string of the molecule is O=C(O)CC(c1cnc2n[nH]nc2c1)C(F)F. The van der Waals surface area contributed by atoms with Crippen molar-refractivity contribution in [2.75, 3.05) is 0 Å². The van der Waals surface area contributed by atoms with E-state index in [0.717, 1.165) is 0 Å². The van der Waals surface area contributed by atoms with Gasteiger partial charge >= 0.3 is 5.97 Å². The van der Waals surface area contributed by atoms with E-state index in [2.05, 4.69) is 20.4 Å². The molecule has 90 valence electrons. The molecule has 0 aliphatic carbocycles. The molecule has 0 bridgehead atoms. The number of carbonyl (C=O) groups is 1. The first kappa shape index (κ1) is 11.4. The third-order valence-electron chi connectivity index (χ3n) is 2.32. The van der Waals surface area contributed by atoms with Crippen LogP contribution in [0.4, 0.5) is 8.78 Å². The summed E-state index contributed by atoms with van der Waals surface area (Å²) in [5.41, 5.74) is 0.777. The highest BCUT2D eigenvalue weighted by Gasteiger charge is 2.26. The van der Waals surface area contributed by atoms with E-state index < -0.39 is 24.7 Å². The number of alkyl halides is 2. The van der Waals surface area contributed by atoms with Crippen LogP contribution >= 0.6 is 0 Å². The van der Waals surface area contributed by atoms with E-state index in [9.17, 15) is 13.6 Å². The molecule has 2 aromatic heterocycles. The molecule has 2 heterocycles. The van der Waals surface area contributed by atoms with Crippen molar-refractivity contribution in [3.63, 3.8) is 0 Å². The van der Waals surface area contributed by atoms with Gasteiger partial charge in [0.1, 0.15) is 5.52 Å². The highest BCUT2D eigenvalue weighted by Crippen LogP contribution is 2.27. The minimum Gasteiger partial charge on any atom is -0.481 e. The molecular formula is C9H8F2N4O2. The van der Waals surface area contributed by atoms with E-state index in [0.29, 0.717) is 11.2 Å². The van der Waals surface area contributed by atoms with E-state index in [4.69, 9.17) is 5.11 Å². The lowest BCUT2D eigenvalue weighted by Gasteiger charge is -2.13. The largest absolute Gasteiger partial charge is 0.481 e. The fourth-order valence-electron chi connectivity index (χ4n) is 1.50. The van der Waals surface area contributed by atoms with Crippen LogP contribution in [-0.2, 0) is 4.79 Å². The lowest BCUT2D eigenvalue weighted by molar-refractivity contribution is -0.138. The lowest BCUT2D eigenvalue weighted by Crippen LogP contribution is -2.14. The number of aromatic amines is 1. The third-order valence-corrected chi connectivity index (χ3v) is 2.32. The van der Waals surface area contributed by atoms with Crippen LogP contribution in [0.15, 0.2) is 12.3 Å². The molecule has 0 spiro atoms. The van der Waals surface area contributed by atoms with Crippen molar-refractivity contribution >= 4 is 17.1 Å². The van der Waals surface area contributed by atoms with Crippen molar-refractivity contribution in [1.29, 1.82) is 0 Å². The molecule has 0 aliphatic rings. The molecule has 1 atom stereocenters. The quantitative estimate of drug-likeness (QED) is 0.839. The number of carboxylic acids is 1. The van der Waals surface area contributed by atoms with Gasteiger partial charge in [0.25, 0.3) is 0 Å². The summed E-state index contributed by atoms with van der Waals surface area (Å²) in [7, 11) is 0. The number of rotatable bonds is 4. The van der Waals surface area contributed by atoms with E-state index >= 15 is 0 Å². The Bertz CT molecular complexity index is 543. The minimum absolute atomic E-state index is 0.142. The third kappa shape index (κ3) is 2.35. The summed E-state index contributed by atoms with van der Waals surface area (Å²) in [6, 6.07) is 1.37. The zero-order valence-electron chi connectivity index (χ0n) is 8.47. The minimum atomic E-state index is -2.77. The average molecular weight is 242 g/mol. The number of carboxylic acid groups (broad SMARTS) is 1. The first-order chi connectivity index (χ1) is 8.08. The molecule has 0 amide bonds. The maximum absolute atomic E-state index is 12.7. The number of hydrogen-bond donors (Lipinski definition) is 2. The number of nitrogens with zero attached hydrogens (tertiary/aromatic N) is 3. The number of halogens is 2. The lowest BCUT2D eigenvalue weighted by atomic mass is 9.98. The van der Waals surface area contributed by atoms with Crippen molar-refractivity contribution in [3.8, 4) is 0 Å². The van der Waals surface area contributed by atoms with Gasteiger partial charge in [0.15, 0.2) is 0 Å². The van der Waals surface area contributed by atoms with Crippen molar-refractivity contribution in [2.24, 2.45) is 0 Å². The van der Waals surface area contributed by atoms with Gasteiger partial charge in [0, 0.05) is 6.20 Å². The number of aliphatic carboxylic acids is 1. The van der Waals surface area contributed by atoms with Crippen LogP contribution < -0.4 is 0 Å². The summed E-state index contributed by atoms with van der Waals surface area (Å²) in [5, 5.41) is 18.3. The predicted molar refractivity (Wildman–Crippen MR) is 52.7 cm³/mol. The van der Waals surface area contributed by atoms with E-state index in [-0.39, 0.29) is 5.56 Å². The Balaban J connectivity index is 2.37. The van der Waals surface area contributed by atoms with Crippen LogP contribution in [0.3, 0.4) is 0 Å². The number of aromatic nitrogens is 4. The van der Waals surface area contributed by atoms with Crippen LogP contribution in [0.1, 0.15) is 17.9 Å². The summed E-state index contributed by atoms with van der Waals surface area (Å²) >= 11 is 0. The number of fused-ring (bicyclic) bond motifs is 1. The van der Waals surface area contributed by atoms with Gasteiger partial charge in [-0.1, -0.05) is 0 Å². The summed E-state index contributed by atoms with van der Waals surface area (Å²) in [5.74, 6) is -2.67. The normalized spacial score (nSPS) is 13.1. The Morgan fingerprint density at radius 1 is 1.47 bits per heavy atom. The summed E-state index contributed by atoms with van der Waals surface area (Å²) in [6.45, 7) is 0. The molecule has 1 unspecified atom stereocenters. The number of pyridine rings is 1. The van der Waals surface area contributed by atoms with Gasteiger partial charge in [0.05, 0.1) is 12.3 Å². The van der Waals surface area contributed by atoms with Gasteiger partial charge in [-0.05, 0) is 11.6 Å². The van der Waals surface area contributed by atoms with E-state index in [1.165, 1.54) is 12.3 Å². The Kier molecular flexibility index (Phi) is 2.94. The summed E-state index contributed by atoms with van der Waals surface area (Å²) in [4.78, 5) is 14.3. The Morgan fingerprint density at radius 3 is 2.88 bits per heavy atom. The standard InChI is InChI=1S/C9H8F2N4O2/c10-8(11)5(2-7(16)17)4-1-6-9(12-3-4)14-15-13-6/h1,3,5,8H,2H2,(H,16,17)(H,12,13,14,15). The Labute approximate surface area is 93.7 Å². The average Bonchev–Trinajstić information content (AvgIpc) is 2.72. The predicted octanol–water partition coefficient (Wildman–Crippen LogP) is 1.18. The van der Waals surface area contributed by atoms with Crippen LogP contribution in [0, 0.1) is 0 Å². The van der Waals surface area contributed by atoms with Gasteiger partial charge in [-0.2, -0.15) is 10.3 Å². The van der Waals surface area contributed by atoms with Gasteiger partial charge in [-0.3, -0.25) is 4.79 Å². The van der Waals surface area contributed by atoms with Gasteiger partial charge in [-0.15, -0.1) is 5.10 Å². The highest BCUT2D eigenvalue weighted by molar-refractivity contribution is 5.71. The molecule has 6 nitrogen and oxygen atoms in total. The molecule has 0 aliphatic heterocycles. The first-order valence-corrected chi connectivity index (χ1v) is 4.74. The van der Waals surface area contributed by atoms with Crippen molar-refractivity contribution in [3.05, 3.63) is 17.8 Å². The molecule has 2 aromatic rings. The maximum atomic E-state index is 12.7. The van der Waals surface area contributed by atoms with Gasteiger partial charge in [0.2, 0.25) is 12.1 Å². The van der Waals surface area contributed by atoms with E-state index in [1.54, 1.807) is 0 Å². The second-order valence-corrected chi connectivity index (χ2v) is 3.47. The van der Waals surface area contributed by atoms with E-state index in [1.807, 2.05) is 0 Å². The molecule has 0 saturated heterocycles. The van der Waals surface area contributed by atoms with Crippen LogP contribution in [0.2, 0.25) is 0 Å². The molecule has 0 saturated carbocycles. The van der Waals surface area contributed by atoms with Gasteiger partial charge in [-0.25, -0.2) is 13.8 Å². The van der Waals surface area contributed by atoms with Crippen molar-refractivity contribution in [1.82, 2.24) is 20.4 Å². The molecule has 17 heavy (non-hydrogen) atoms. The molecule has 0 radical (unpaired) electrons. The number of nitrogens with one attached hydrogen (secondary N) is 1. The molecule has 0 fully saturated rings. The zero-order valence-corrected chi connectivity index (χ0v) is 8.47. The highest BCUT2D eigenvalue weighted by atomic mass is 19.3. The Morgan fingerprint density at radius 2 is 2.24 bits per heavy atom. The molecule has 8 heteroatoms. The number of hydrogen-bond acceptors (Lipinski definition) is 4. The van der Waals surface area contributed by atoms with Crippen LogP contribution in [-0.4, -0.2) is 37.9 Å². The number of H-pyrrole nitrogens is 1. The molecule has 0 aromatic carbocycles.